The van der Waals surface area contributed by atoms with Gasteiger partial charge in [-0.15, -0.1) is 0 Å². The molecule has 0 fully saturated rings. The molecule has 0 saturated heterocycles. The molecule has 0 bridgehead atoms. The maximum absolute atomic E-state index is 12.7. The van der Waals surface area contributed by atoms with Crippen molar-refractivity contribution in [2.24, 2.45) is 0 Å². The summed E-state index contributed by atoms with van der Waals surface area (Å²) in [6.07, 6.45) is 1.87. The minimum Gasteiger partial charge on any atom is -0.497 e. The molecule has 0 unspecified atom stereocenters. The number of carbonyl (C=O) groups is 2. The van der Waals surface area contributed by atoms with Gasteiger partial charge in [0.05, 0.1) is 20.8 Å². The topological polar surface area (TPSA) is 76.0 Å². The smallest absolute Gasteiger partial charge is 0.321 e. The van der Waals surface area contributed by atoms with Crippen molar-refractivity contribution in [1.29, 1.82) is 0 Å². The van der Waals surface area contributed by atoms with E-state index in [2.05, 4.69) is 5.32 Å². The van der Waals surface area contributed by atoms with Crippen LogP contribution in [0.1, 0.15) is 5.56 Å². The molecule has 8 heteroatoms. The van der Waals surface area contributed by atoms with Crippen molar-refractivity contribution in [2.75, 3.05) is 40.7 Å². The summed E-state index contributed by atoms with van der Waals surface area (Å²) in [6, 6.07) is 12.8. The van der Waals surface area contributed by atoms with E-state index < -0.39 is 0 Å². The first-order chi connectivity index (χ1) is 14.8. The Morgan fingerprint density at radius 1 is 1.00 bits per heavy atom. The summed E-state index contributed by atoms with van der Waals surface area (Å²) >= 11 is 0. The van der Waals surface area contributed by atoms with E-state index in [0.29, 0.717) is 23.7 Å². The predicted octanol–water partition coefficient (Wildman–Crippen LogP) is 3.41. The van der Waals surface area contributed by atoms with Crippen molar-refractivity contribution in [1.82, 2.24) is 14.4 Å². The third-order valence-electron chi connectivity index (χ3n) is 5.08. The van der Waals surface area contributed by atoms with Gasteiger partial charge in [-0.25, -0.2) is 4.79 Å². The Bertz CT molecular complexity index is 1090. The van der Waals surface area contributed by atoms with Crippen LogP contribution in [0.25, 0.3) is 10.9 Å². The lowest BCUT2D eigenvalue weighted by Gasteiger charge is -2.20. The van der Waals surface area contributed by atoms with Crippen molar-refractivity contribution >= 4 is 28.5 Å². The van der Waals surface area contributed by atoms with Gasteiger partial charge in [0.1, 0.15) is 18.0 Å². The molecule has 0 radical (unpaired) electrons. The van der Waals surface area contributed by atoms with Crippen LogP contribution in [0.5, 0.6) is 11.5 Å². The number of hydrogen-bond acceptors (Lipinski definition) is 4. The highest BCUT2D eigenvalue weighted by Crippen LogP contribution is 2.26. The summed E-state index contributed by atoms with van der Waals surface area (Å²) in [6.45, 7) is 0.652. The van der Waals surface area contributed by atoms with E-state index in [0.717, 1.165) is 16.5 Å². The van der Waals surface area contributed by atoms with Gasteiger partial charge in [-0.3, -0.25) is 4.79 Å². The number of methoxy groups -OCH3 is 2. The molecule has 2 aromatic carbocycles. The zero-order valence-corrected chi connectivity index (χ0v) is 18.5. The van der Waals surface area contributed by atoms with Crippen LogP contribution in [0.3, 0.4) is 0 Å². The van der Waals surface area contributed by atoms with Gasteiger partial charge in [0.2, 0.25) is 5.91 Å². The lowest BCUT2D eigenvalue weighted by atomic mass is 10.2. The Labute approximate surface area is 181 Å². The molecule has 0 aliphatic carbocycles. The molecular formula is C23H28N4O4. The number of fused-ring (bicyclic) bond motifs is 1. The van der Waals surface area contributed by atoms with Gasteiger partial charge in [0.25, 0.3) is 0 Å². The highest BCUT2D eigenvalue weighted by molar-refractivity contribution is 5.93. The van der Waals surface area contributed by atoms with Crippen molar-refractivity contribution in [3.63, 3.8) is 0 Å². The Morgan fingerprint density at radius 3 is 2.45 bits per heavy atom. The Morgan fingerprint density at radius 2 is 1.77 bits per heavy atom. The van der Waals surface area contributed by atoms with Gasteiger partial charge in [-0.1, -0.05) is 0 Å². The number of rotatable bonds is 7. The normalized spacial score (nSPS) is 10.6. The molecule has 1 aromatic heterocycles. The summed E-state index contributed by atoms with van der Waals surface area (Å²) in [5, 5.41) is 3.87. The fourth-order valence-corrected chi connectivity index (χ4v) is 3.23. The quantitative estimate of drug-likeness (QED) is 0.631. The number of likely N-dealkylation sites (N-methyl/N-ethyl adjacent to an activating group) is 1. The second-order valence-electron chi connectivity index (χ2n) is 7.47. The van der Waals surface area contributed by atoms with Crippen LogP contribution in [-0.4, -0.2) is 61.7 Å². The van der Waals surface area contributed by atoms with Gasteiger partial charge in [-0.2, -0.15) is 0 Å². The minimum atomic E-state index is -0.237. The zero-order chi connectivity index (χ0) is 22.5. The molecule has 0 aliphatic rings. The number of amides is 3. The number of anilines is 1. The summed E-state index contributed by atoms with van der Waals surface area (Å²) in [4.78, 5) is 27.8. The van der Waals surface area contributed by atoms with Crippen molar-refractivity contribution in [3.8, 4) is 11.5 Å². The first kappa shape index (κ1) is 22.0. The minimum absolute atomic E-state index is 0.0189. The molecule has 8 nitrogen and oxygen atoms in total. The maximum Gasteiger partial charge on any atom is 0.321 e. The van der Waals surface area contributed by atoms with Crippen molar-refractivity contribution in [2.45, 2.75) is 13.1 Å². The summed E-state index contributed by atoms with van der Waals surface area (Å²) in [5.41, 5.74) is 2.49. The van der Waals surface area contributed by atoms with Gasteiger partial charge in [-0.05, 0) is 36.4 Å². The van der Waals surface area contributed by atoms with Gasteiger partial charge < -0.3 is 29.2 Å². The summed E-state index contributed by atoms with van der Waals surface area (Å²) in [7, 11) is 8.38. The predicted molar refractivity (Wildman–Crippen MR) is 121 cm³/mol. The second kappa shape index (κ2) is 9.42. The van der Waals surface area contributed by atoms with E-state index in [4.69, 9.17) is 9.47 Å². The molecule has 0 saturated carbocycles. The third kappa shape index (κ3) is 5.09. The van der Waals surface area contributed by atoms with Crippen molar-refractivity contribution < 1.29 is 19.1 Å². The van der Waals surface area contributed by atoms with Crippen LogP contribution in [0.4, 0.5) is 10.5 Å². The molecular weight excluding hydrogens is 396 g/mol. The van der Waals surface area contributed by atoms with Gasteiger partial charge >= 0.3 is 6.03 Å². The molecule has 1 N–H and O–H groups in total. The van der Waals surface area contributed by atoms with Crippen molar-refractivity contribution in [3.05, 3.63) is 54.2 Å². The fourth-order valence-electron chi connectivity index (χ4n) is 3.23. The average molecular weight is 425 g/mol. The van der Waals surface area contributed by atoms with E-state index in [-0.39, 0.29) is 18.5 Å². The van der Waals surface area contributed by atoms with Gasteiger partial charge in [0, 0.05) is 55.6 Å². The molecule has 3 amide bonds. The Hall–Kier alpha value is -3.68. The number of nitrogens with zero attached hydrogens (tertiary/aromatic N) is 3. The molecule has 1 heterocycles. The van der Waals surface area contributed by atoms with Crippen LogP contribution >= 0.6 is 0 Å². The molecule has 3 aromatic rings. The van der Waals surface area contributed by atoms with E-state index in [1.807, 2.05) is 47.2 Å². The lowest BCUT2D eigenvalue weighted by Crippen LogP contribution is -2.31. The fraction of sp³-hybridized carbons (Fsp3) is 0.304. The number of carbonyl (C=O) groups excluding carboxylic acids is 2. The third-order valence-corrected chi connectivity index (χ3v) is 5.08. The summed E-state index contributed by atoms with van der Waals surface area (Å²) in [5.74, 6) is 1.37. The maximum atomic E-state index is 12.7. The average Bonchev–Trinajstić information content (AvgIpc) is 3.15. The SMILES string of the molecule is COc1ccc(CN(C)C(=O)Nc2ccc3c(ccn3CC(=O)N(C)C)c2)c(OC)c1. The van der Waals surface area contributed by atoms with Gasteiger partial charge in [0.15, 0.2) is 0 Å². The molecule has 0 atom stereocenters. The number of urea groups is 1. The zero-order valence-electron chi connectivity index (χ0n) is 18.5. The van der Waals surface area contributed by atoms with E-state index in [9.17, 15) is 9.59 Å². The standard InChI is InChI=1S/C23H28N4O4/c1-25(2)22(28)15-27-11-10-16-12-18(7-9-20(16)27)24-23(29)26(3)14-17-6-8-19(30-4)13-21(17)31-5/h6-13H,14-15H2,1-5H3,(H,24,29). The number of benzene rings is 2. The number of nitrogens with one attached hydrogen (secondary N) is 1. The molecule has 164 valence electrons. The van der Waals surface area contributed by atoms with E-state index in [1.165, 1.54) is 0 Å². The number of ether oxygens (including phenoxy) is 2. The summed E-state index contributed by atoms with van der Waals surface area (Å²) < 4.78 is 12.5. The first-order valence-electron chi connectivity index (χ1n) is 9.84. The molecule has 0 spiro atoms. The number of aromatic nitrogens is 1. The monoisotopic (exact) mass is 424 g/mol. The highest BCUT2D eigenvalue weighted by atomic mass is 16.5. The molecule has 31 heavy (non-hydrogen) atoms. The second-order valence-corrected chi connectivity index (χ2v) is 7.47. The van der Waals surface area contributed by atoms with Crippen LogP contribution in [-0.2, 0) is 17.9 Å². The van der Waals surface area contributed by atoms with Crippen LogP contribution in [0, 0.1) is 0 Å². The molecule has 3 rings (SSSR count). The largest absolute Gasteiger partial charge is 0.497 e. The lowest BCUT2D eigenvalue weighted by molar-refractivity contribution is -0.129. The molecule has 0 aliphatic heterocycles. The van der Waals surface area contributed by atoms with Crippen LogP contribution < -0.4 is 14.8 Å². The Kier molecular flexibility index (Phi) is 6.69. The number of hydrogen-bond donors (Lipinski definition) is 1. The Balaban J connectivity index is 1.69. The van der Waals surface area contributed by atoms with E-state index >= 15 is 0 Å². The van der Waals surface area contributed by atoms with E-state index in [1.54, 1.807) is 51.2 Å². The first-order valence-corrected chi connectivity index (χ1v) is 9.84. The van der Waals surface area contributed by atoms with Crippen LogP contribution in [0.2, 0.25) is 0 Å². The highest BCUT2D eigenvalue weighted by Gasteiger charge is 2.14. The van der Waals surface area contributed by atoms with Crippen LogP contribution in [0.15, 0.2) is 48.7 Å².